The second-order valence-corrected chi connectivity index (χ2v) is 12.2. The van der Waals surface area contributed by atoms with Crippen molar-refractivity contribution in [2.75, 3.05) is 44.2 Å². The number of halogens is 1. The number of carbonyl (C=O) groups excluding carboxylic acids is 2. The van der Waals surface area contributed by atoms with Crippen LogP contribution < -0.4 is 4.90 Å². The number of aromatic nitrogens is 1. The molecule has 0 spiro atoms. The molecule has 2 aromatic carbocycles. The van der Waals surface area contributed by atoms with Crippen molar-refractivity contribution in [2.24, 2.45) is 0 Å². The van der Waals surface area contributed by atoms with E-state index in [4.69, 9.17) is 16.3 Å². The molecular formula is C27H29ClN4O5S. The van der Waals surface area contributed by atoms with Gasteiger partial charge in [-0.15, -0.1) is 0 Å². The molecule has 11 heteroatoms. The van der Waals surface area contributed by atoms with Crippen LogP contribution in [0.5, 0.6) is 0 Å². The van der Waals surface area contributed by atoms with Crippen molar-refractivity contribution >= 4 is 50.0 Å². The normalized spacial score (nSPS) is 18.5. The Morgan fingerprint density at radius 1 is 1.00 bits per heavy atom. The fourth-order valence-electron chi connectivity index (χ4n) is 5.24. The van der Waals surface area contributed by atoms with E-state index in [9.17, 15) is 18.0 Å². The molecule has 0 saturated carbocycles. The molecule has 200 valence electrons. The Labute approximate surface area is 227 Å². The highest BCUT2D eigenvalue weighted by atomic mass is 35.5. The number of anilines is 1. The zero-order valence-corrected chi connectivity index (χ0v) is 22.6. The monoisotopic (exact) mass is 556 g/mol. The molecule has 0 unspecified atom stereocenters. The Morgan fingerprint density at radius 2 is 1.68 bits per heavy atom. The Morgan fingerprint density at radius 3 is 2.37 bits per heavy atom. The number of carbonyl (C=O) groups is 2. The maximum absolute atomic E-state index is 13.4. The summed E-state index contributed by atoms with van der Waals surface area (Å²) in [5, 5.41) is 2.16. The maximum atomic E-state index is 13.4. The summed E-state index contributed by atoms with van der Waals surface area (Å²) in [6, 6.07) is 14.0. The van der Waals surface area contributed by atoms with Crippen LogP contribution in [-0.2, 0) is 24.3 Å². The first-order valence-electron chi connectivity index (χ1n) is 12.5. The lowest BCUT2D eigenvalue weighted by Gasteiger charge is -2.45. The summed E-state index contributed by atoms with van der Waals surface area (Å²) in [6.45, 7) is 3.05. The van der Waals surface area contributed by atoms with Gasteiger partial charge in [0, 0.05) is 69.0 Å². The number of fused-ring (bicyclic) bond motifs is 1. The van der Waals surface area contributed by atoms with Crippen LogP contribution in [0.15, 0.2) is 65.8 Å². The maximum Gasteiger partial charge on any atom is 0.303 e. The summed E-state index contributed by atoms with van der Waals surface area (Å²) < 4.78 is 33.8. The molecule has 2 fully saturated rings. The Balaban J connectivity index is 1.27. The van der Waals surface area contributed by atoms with Crippen molar-refractivity contribution in [1.82, 2.24) is 14.2 Å². The van der Waals surface area contributed by atoms with Gasteiger partial charge in [-0.05, 0) is 47.2 Å². The average molecular weight is 557 g/mol. The van der Waals surface area contributed by atoms with Crippen molar-refractivity contribution in [3.63, 3.8) is 0 Å². The van der Waals surface area contributed by atoms with E-state index >= 15 is 0 Å². The van der Waals surface area contributed by atoms with Crippen LogP contribution in [0.25, 0.3) is 10.8 Å². The first kappa shape index (κ1) is 26.4. The lowest BCUT2D eigenvalue weighted by molar-refractivity contribution is -0.165. The summed E-state index contributed by atoms with van der Waals surface area (Å²) in [4.78, 5) is 33.2. The molecule has 1 amide bonds. The standard InChI is InChI=1S/C27H29ClN4O5S/c1-20(33)37-27(8-12-30(13-9-27)24-6-10-29-11-7-24)19-31-14-15-32(18-26(31)34)38(35,36)25-5-3-21-16-23(28)4-2-22(21)17-25/h2-7,10-11,16-17H,8-9,12-15,18-19H2,1H3. The minimum absolute atomic E-state index is 0.133. The molecule has 3 heterocycles. The lowest BCUT2D eigenvalue weighted by atomic mass is 9.89. The largest absolute Gasteiger partial charge is 0.457 e. The first-order chi connectivity index (χ1) is 18.1. The first-order valence-corrected chi connectivity index (χ1v) is 14.3. The predicted octanol–water partition coefficient (Wildman–Crippen LogP) is 3.32. The molecule has 2 aliphatic heterocycles. The number of benzene rings is 2. The number of sulfonamides is 1. The highest BCUT2D eigenvalue weighted by Gasteiger charge is 2.42. The van der Waals surface area contributed by atoms with Gasteiger partial charge < -0.3 is 14.5 Å². The van der Waals surface area contributed by atoms with Gasteiger partial charge in [-0.2, -0.15) is 4.31 Å². The number of hydrogen-bond acceptors (Lipinski definition) is 7. The minimum atomic E-state index is -3.87. The van der Waals surface area contributed by atoms with Gasteiger partial charge in [-0.1, -0.05) is 23.7 Å². The summed E-state index contributed by atoms with van der Waals surface area (Å²) in [5.74, 6) is -0.705. The number of piperidine rings is 1. The molecule has 0 N–H and O–H groups in total. The van der Waals surface area contributed by atoms with Gasteiger partial charge in [-0.3, -0.25) is 14.6 Å². The summed E-state index contributed by atoms with van der Waals surface area (Å²) in [7, 11) is -3.87. The lowest BCUT2D eigenvalue weighted by Crippen LogP contribution is -2.59. The molecule has 2 saturated heterocycles. The summed E-state index contributed by atoms with van der Waals surface area (Å²) >= 11 is 6.04. The number of amides is 1. The second kappa shape index (κ2) is 10.5. The van der Waals surface area contributed by atoms with Crippen molar-refractivity contribution in [3.05, 3.63) is 65.9 Å². The van der Waals surface area contributed by atoms with Gasteiger partial charge in [0.25, 0.3) is 0 Å². The van der Waals surface area contributed by atoms with Crippen LogP contribution in [0.3, 0.4) is 0 Å². The Hall–Kier alpha value is -3.21. The third-order valence-corrected chi connectivity index (χ3v) is 9.31. The average Bonchev–Trinajstić information content (AvgIpc) is 2.90. The van der Waals surface area contributed by atoms with E-state index in [1.165, 1.54) is 17.3 Å². The van der Waals surface area contributed by atoms with Crippen LogP contribution in [0.2, 0.25) is 5.02 Å². The topological polar surface area (TPSA) is 100 Å². The Bertz CT molecular complexity index is 1460. The van der Waals surface area contributed by atoms with Crippen molar-refractivity contribution < 1.29 is 22.7 Å². The number of pyridine rings is 1. The number of esters is 1. The van der Waals surface area contributed by atoms with Gasteiger partial charge in [0.15, 0.2) is 0 Å². The smallest absolute Gasteiger partial charge is 0.303 e. The highest BCUT2D eigenvalue weighted by molar-refractivity contribution is 7.89. The second-order valence-electron chi connectivity index (χ2n) is 9.78. The number of rotatable bonds is 6. The predicted molar refractivity (Wildman–Crippen MR) is 144 cm³/mol. The summed E-state index contributed by atoms with van der Waals surface area (Å²) in [6.07, 6.45) is 4.59. The van der Waals surface area contributed by atoms with Crippen molar-refractivity contribution in [1.29, 1.82) is 0 Å². The molecule has 0 atom stereocenters. The molecule has 38 heavy (non-hydrogen) atoms. The van der Waals surface area contributed by atoms with E-state index in [2.05, 4.69) is 9.88 Å². The zero-order valence-electron chi connectivity index (χ0n) is 21.0. The van der Waals surface area contributed by atoms with Crippen LogP contribution >= 0.6 is 11.6 Å². The molecule has 0 aliphatic carbocycles. The van der Waals surface area contributed by atoms with Crippen LogP contribution in [-0.4, -0.2) is 79.4 Å². The fourth-order valence-corrected chi connectivity index (χ4v) is 6.83. The van der Waals surface area contributed by atoms with Gasteiger partial charge in [0.2, 0.25) is 15.9 Å². The minimum Gasteiger partial charge on any atom is -0.457 e. The molecule has 0 radical (unpaired) electrons. The number of hydrogen-bond donors (Lipinski definition) is 0. The molecular weight excluding hydrogens is 528 g/mol. The third-order valence-electron chi connectivity index (χ3n) is 7.24. The molecule has 0 bridgehead atoms. The number of piperazine rings is 1. The summed E-state index contributed by atoms with van der Waals surface area (Å²) in [5.41, 5.74) is 0.231. The van der Waals surface area contributed by atoms with Gasteiger partial charge >= 0.3 is 5.97 Å². The van der Waals surface area contributed by atoms with Crippen molar-refractivity contribution in [3.8, 4) is 0 Å². The van der Waals surface area contributed by atoms with Crippen LogP contribution in [0.1, 0.15) is 19.8 Å². The zero-order chi connectivity index (χ0) is 26.9. The van der Waals surface area contributed by atoms with E-state index in [1.54, 1.807) is 47.6 Å². The molecule has 3 aromatic rings. The molecule has 1 aromatic heterocycles. The van der Waals surface area contributed by atoms with E-state index in [1.807, 2.05) is 12.1 Å². The van der Waals surface area contributed by atoms with Gasteiger partial charge in [0.1, 0.15) is 5.60 Å². The third kappa shape index (κ3) is 5.48. The van der Waals surface area contributed by atoms with E-state index in [0.29, 0.717) is 31.0 Å². The van der Waals surface area contributed by atoms with Crippen molar-refractivity contribution in [2.45, 2.75) is 30.3 Å². The highest BCUT2D eigenvalue weighted by Crippen LogP contribution is 2.32. The fraction of sp³-hybridized carbons (Fsp3) is 0.370. The SMILES string of the molecule is CC(=O)OC1(CN2CCN(S(=O)(=O)c3ccc4cc(Cl)ccc4c3)CC2=O)CCN(c2ccncc2)CC1. The molecule has 5 rings (SSSR count). The van der Waals surface area contributed by atoms with E-state index < -0.39 is 21.6 Å². The van der Waals surface area contributed by atoms with E-state index in [0.717, 1.165) is 16.5 Å². The van der Waals surface area contributed by atoms with Gasteiger partial charge in [-0.25, -0.2) is 8.42 Å². The van der Waals surface area contributed by atoms with Gasteiger partial charge in [0.05, 0.1) is 18.0 Å². The van der Waals surface area contributed by atoms with Crippen LogP contribution in [0, 0.1) is 0 Å². The van der Waals surface area contributed by atoms with E-state index in [-0.39, 0.29) is 37.0 Å². The molecule has 9 nitrogen and oxygen atoms in total. The molecule has 2 aliphatic rings. The Kier molecular flexibility index (Phi) is 7.30. The van der Waals surface area contributed by atoms with Crippen LogP contribution in [0.4, 0.5) is 5.69 Å². The quantitative estimate of drug-likeness (QED) is 0.429. The number of nitrogens with zero attached hydrogens (tertiary/aromatic N) is 4. The number of ether oxygens (including phenoxy) is 1.